The number of guanidine groups is 1. The molecule has 6 nitrogen and oxygen atoms in total. The molecule has 8 heteroatoms. The topological polar surface area (TPSA) is 73.8 Å². The first kappa shape index (κ1) is 20.4. The smallest absolute Gasteiger partial charge is 0.261 e. The second-order valence-electron chi connectivity index (χ2n) is 6.60. The van der Waals surface area contributed by atoms with Crippen molar-refractivity contribution in [2.75, 3.05) is 20.1 Å². The minimum Gasteiger partial charge on any atom is -0.356 e. The molecule has 152 valence electrons. The summed E-state index contributed by atoms with van der Waals surface area (Å²) in [5.41, 5.74) is 1.10. The van der Waals surface area contributed by atoms with Gasteiger partial charge in [-0.2, -0.15) is 0 Å². The molecule has 0 aliphatic carbocycles. The number of unbranched alkanes of at least 4 members (excludes halogenated alkanes) is 1. The quantitative estimate of drug-likeness (QED) is 0.324. The third-order valence-corrected chi connectivity index (χ3v) is 4.66. The van der Waals surface area contributed by atoms with E-state index in [0.29, 0.717) is 43.0 Å². The van der Waals surface area contributed by atoms with E-state index in [9.17, 15) is 18.4 Å². The molecule has 29 heavy (non-hydrogen) atoms. The monoisotopic (exact) mass is 400 g/mol. The number of rotatable bonds is 7. The van der Waals surface area contributed by atoms with Gasteiger partial charge in [0.2, 0.25) is 0 Å². The van der Waals surface area contributed by atoms with Crippen LogP contribution in [0.3, 0.4) is 0 Å². The number of amides is 2. The Bertz CT molecular complexity index is 911. The first-order chi connectivity index (χ1) is 14.0. The molecule has 2 N–H and O–H groups in total. The van der Waals surface area contributed by atoms with Gasteiger partial charge in [0.1, 0.15) is 11.6 Å². The summed E-state index contributed by atoms with van der Waals surface area (Å²) in [7, 11) is 1.58. The summed E-state index contributed by atoms with van der Waals surface area (Å²) in [6.07, 6.45) is 1.33. The van der Waals surface area contributed by atoms with Gasteiger partial charge in [0.25, 0.3) is 11.8 Å². The van der Waals surface area contributed by atoms with E-state index < -0.39 is 11.6 Å². The molecule has 0 atom stereocenters. The second-order valence-corrected chi connectivity index (χ2v) is 6.60. The van der Waals surface area contributed by atoms with Gasteiger partial charge in [0.05, 0.1) is 11.1 Å². The van der Waals surface area contributed by atoms with Crippen molar-refractivity contribution in [2.45, 2.75) is 19.4 Å². The van der Waals surface area contributed by atoms with Crippen LogP contribution in [0, 0.1) is 11.6 Å². The van der Waals surface area contributed by atoms with Crippen molar-refractivity contribution in [1.29, 1.82) is 0 Å². The molecule has 1 heterocycles. The molecule has 0 fully saturated rings. The molecule has 0 bridgehead atoms. The number of benzene rings is 2. The molecule has 0 unspecified atom stereocenters. The highest BCUT2D eigenvalue weighted by Gasteiger charge is 2.34. The molecule has 3 rings (SSSR count). The Hall–Kier alpha value is -3.29. The van der Waals surface area contributed by atoms with Crippen LogP contribution in [0.4, 0.5) is 8.78 Å². The van der Waals surface area contributed by atoms with Gasteiger partial charge in [0, 0.05) is 32.2 Å². The summed E-state index contributed by atoms with van der Waals surface area (Å²) in [6.45, 7) is 0.987. The van der Waals surface area contributed by atoms with Crippen LogP contribution in [0.2, 0.25) is 0 Å². The van der Waals surface area contributed by atoms with Crippen LogP contribution in [-0.4, -0.2) is 42.8 Å². The van der Waals surface area contributed by atoms with E-state index in [-0.39, 0.29) is 23.9 Å². The highest BCUT2D eigenvalue weighted by Crippen LogP contribution is 2.22. The highest BCUT2D eigenvalue weighted by molar-refractivity contribution is 6.21. The summed E-state index contributed by atoms with van der Waals surface area (Å²) in [4.78, 5) is 29.9. The zero-order chi connectivity index (χ0) is 20.8. The van der Waals surface area contributed by atoms with Crippen LogP contribution in [-0.2, 0) is 6.54 Å². The van der Waals surface area contributed by atoms with Gasteiger partial charge >= 0.3 is 0 Å². The summed E-state index contributed by atoms with van der Waals surface area (Å²) in [5, 5.41) is 6.00. The third-order valence-electron chi connectivity index (χ3n) is 4.66. The number of carbonyl (C=O) groups is 2. The van der Waals surface area contributed by atoms with Crippen molar-refractivity contribution in [3.63, 3.8) is 0 Å². The van der Waals surface area contributed by atoms with Crippen LogP contribution < -0.4 is 10.6 Å². The lowest BCUT2D eigenvalue weighted by atomic mass is 10.1. The lowest BCUT2D eigenvalue weighted by Crippen LogP contribution is -2.38. The summed E-state index contributed by atoms with van der Waals surface area (Å²) in [6, 6.07) is 10.1. The number of nitrogens with one attached hydrogen (secondary N) is 2. The lowest BCUT2D eigenvalue weighted by Gasteiger charge is -2.15. The molecule has 0 spiro atoms. The van der Waals surface area contributed by atoms with Gasteiger partial charge in [-0.1, -0.05) is 12.1 Å². The fourth-order valence-electron chi connectivity index (χ4n) is 3.12. The van der Waals surface area contributed by atoms with E-state index >= 15 is 0 Å². The van der Waals surface area contributed by atoms with Gasteiger partial charge in [-0.05, 0) is 43.2 Å². The Morgan fingerprint density at radius 3 is 2.34 bits per heavy atom. The average Bonchev–Trinajstić information content (AvgIpc) is 2.97. The van der Waals surface area contributed by atoms with Gasteiger partial charge < -0.3 is 10.6 Å². The van der Waals surface area contributed by atoms with Crippen molar-refractivity contribution < 1.29 is 18.4 Å². The van der Waals surface area contributed by atoms with Crippen LogP contribution in [0.25, 0.3) is 0 Å². The first-order valence-corrected chi connectivity index (χ1v) is 9.35. The largest absolute Gasteiger partial charge is 0.356 e. The van der Waals surface area contributed by atoms with Crippen molar-refractivity contribution in [3.05, 3.63) is 70.8 Å². The molecular formula is C21H22F2N4O2. The predicted octanol–water partition coefficient (Wildman–Crippen LogP) is 2.71. The standard InChI is InChI=1S/C21H22F2N4O2/c1-24-21(26-13-14-12-15(22)8-9-18(14)23)25-10-4-5-11-27-19(28)16-6-2-3-7-17(16)20(27)29/h2-3,6-9,12H,4-5,10-11,13H2,1H3,(H2,24,25,26). The Labute approximate surface area is 167 Å². The third kappa shape index (κ3) is 4.77. The van der Waals surface area contributed by atoms with Crippen LogP contribution in [0.1, 0.15) is 39.1 Å². The Kier molecular flexibility index (Phi) is 6.54. The zero-order valence-electron chi connectivity index (χ0n) is 16.0. The van der Waals surface area contributed by atoms with Crippen LogP contribution in [0.15, 0.2) is 47.5 Å². The van der Waals surface area contributed by atoms with Crippen molar-refractivity contribution in [2.24, 2.45) is 4.99 Å². The maximum atomic E-state index is 13.7. The number of carbonyl (C=O) groups excluding carboxylic acids is 2. The van der Waals surface area contributed by atoms with E-state index in [1.807, 2.05) is 0 Å². The first-order valence-electron chi connectivity index (χ1n) is 9.35. The molecule has 0 radical (unpaired) electrons. The summed E-state index contributed by atoms with van der Waals surface area (Å²) < 4.78 is 26.9. The van der Waals surface area contributed by atoms with Gasteiger partial charge in [-0.25, -0.2) is 8.78 Å². The highest BCUT2D eigenvalue weighted by atomic mass is 19.1. The molecule has 0 saturated carbocycles. The Morgan fingerprint density at radius 2 is 1.69 bits per heavy atom. The summed E-state index contributed by atoms with van der Waals surface area (Å²) in [5.74, 6) is -1.05. The minimum atomic E-state index is -0.501. The van der Waals surface area contributed by atoms with E-state index in [1.165, 1.54) is 4.90 Å². The number of hydrogen-bond donors (Lipinski definition) is 2. The molecule has 2 amide bonds. The molecule has 1 aliphatic heterocycles. The molecule has 2 aromatic carbocycles. The maximum Gasteiger partial charge on any atom is 0.261 e. The average molecular weight is 400 g/mol. The molecule has 1 aliphatic rings. The molecule has 0 saturated heterocycles. The van der Waals surface area contributed by atoms with Gasteiger partial charge in [0.15, 0.2) is 5.96 Å². The maximum absolute atomic E-state index is 13.7. The molecule has 0 aromatic heterocycles. The number of fused-ring (bicyclic) bond motifs is 1. The Balaban J connectivity index is 1.40. The van der Waals surface area contributed by atoms with Crippen LogP contribution in [0.5, 0.6) is 0 Å². The predicted molar refractivity (Wildman–Crippen MR) is 106 cm³/mol. The van der Waals surface area contributed by atoms with Crippen LogP contribution >= 0.6 is 0 Å². The zero-order valence-corrected chi connectivity index (χ0v) is 16.0. The number of halogens is 2. The second kappa shape index (κ2) is 9.27. The van der Waals surface area contributed by atoms with E-state index in [0.717, 1.165) is 18.2 Å². The van der Waals surface area contributed by atoms with Crippen molar-refractivity contribution in [1.82, 2.24) is 15.5 Å². The number of imide groups is 1. The van der Waals surface area contributed by atoms with Crippen molar-refractivity contribution in [3.8, 4) is 0 Å². The fraction of sp³-hybridized carbons (Fsp3) is 0.286. The van der Waals surface area contributed by atoms with E-state index in [1.54, 1.807) is 31.3 Å². The van der Waals surface area contributed by atoms with Gasteiger partial charge in [-0.3, -0.25) is 19.5 Å². The normalized spacial score (nSPS) is 13.6. The molecular weight excluding hydrogens is 378 g/mol. The minimum absolute atomic E-state index is 0.0955. The Morgan fingerprint density at radius 1 is 1.00 bits per heavy atom. The number of nitrogens with zero attached hydrogens (tertiary/aromatic N) is 2. The number of aliphatic imine (C=N–C) groups is 1. The van der Waals surface area contributed by atoms with Gasteiger partial charge in [-0.15, -0.1) is 0 Å². The van der Waals surface area contributed by atoms with Crippen molar-refractivity contribution >= 4 is 17.8 Å². The fourth-order valence-corrected chi connectivity index (χ4v) is 3.12. The van der Waals surface area contributed by atoms with E-state index in [4.69, 9.17) is 0 Å². The SMILES string of the molecule is CN=C(NCCCCN1C(=O)c2ccccc2C1=O)NCc1cc(F)ccc1F. The summed E-state index contributed by atoms with van der Waals surface area (Å²) >= 11 is 0. The molecule has 2 aromatic rings. The lowest BCUT2D eigenvalue weighted by molar-refractivity contribution is 0.0652. The van der Waals surface area contributed by atoms with E-state index in [2.05, 4.69) is 15.6 Å². The number of hydrogen-bond acceptors (Lipinski definition) is 3.